The van der Waals surface area contributed by atoms with Crippen molar-refractivity contribution in [3.8, 4) is 11.5 Å². The zero-order valence-corrected chi connectivity index (χ0v) is 16.9. The average Bonchev–Trinajstić information content (AvgIpc) is 2.60. The molecule has 0 bridgehead atoms. The van der Waals surface area contributed by atoms with Gasteiger partial charge in [0.25, 0.3) is 0 Å². The van der Waals surface area contributed by atoms with Gasteiger partial charge in [0.05, 0.1) is 12.0 Å². The van der Waals surface area contributed by atoms with E-state index in [4.69, 9.17) is 4.74 Å². The van der Waals surface area contributed by atoms with Gasteiger partial charge in [-0.25, -0.2) is 0 Å². The highest BCUT2D eigenvalue weighted by Crippen LogP contribution is 2.40. The van der Waals surface area contributed by atoms with Crippen molar-refractivity contribution in [3.05, 3.63) is 27.8 Å². The zero-order valence-electron chi connectivity index (χ0n) is 15.3. The summed E-state index contributed by atoms with van der Waals surface area (Å²) >= 11 is 0. The summed E-state index contributed by atoms with van der Waals surface area (Å²) in [5.74, 6) is -0.242. The van der Waals surface area contributed by atoms with Gasteiger partial charge in [-0.2, -0.15) is 0 Å². The summed E-state index contributed by atoms with van der Waals surface area (Å²) in [6.07, 6.45) is 4.29. The Kier molecular flexibility index (Phi) is 11.6. The van der Waals surface area contributed by atoms with Gasteiger partial charge in [0, 0.05) is 38.3 Å². The van der Waals surface area contributed by atoms with Crippen molar-refractivity contribution in [1.29, 1.82) is 0 Å². The first-order chi connectivity index (χ1) is 11.6. The van der Waals surface area contributed by atoms with Crippen LogP contribution in [0.2, 0.25) is 0 Å². The molecule has 0 spiro atoms. The highest BCUT2D eigenvalue weighted by molar-refractivity contribution is 5.85. The van der Waals surface area contributed by atoms with E-state index in [0.29, 0.717) is 0 Å². The Morgan fingerprint density at radius 3 is 2.50 bits per heavy atom. The first-order valence-corrected chi connectivity index (χ1v) is 8.58. The number of aromatic hydroxyl groups is 1. The Balaban J connectivity index is 0.00000312. The molecule has 150 valence electrons. The van der Waals surface area contributed by atoms with Gasteiger partial charge < -0.3 is 15.2 Å². The van der Waals surface area contributed by atoms with Gasteiger partial charge in [-0.3, -0.25) is 15.0 Å². The van der Waals surface area contributed by atoms with Crippen LogP contribution in [0.5, 0.6) is 11.5 Å². The minimum atomic E-state index is -0.553. The molecule has 7 nitrogen and oxygen atoms in total. The lowest BCUT2D eigenvalue weighted by Gasteiger charge is -2.35. The number of nitrogens with zero attached hydrogens (tertiary/aromatic N) is 2. The summed E-state index contributed by atoms with van der Waals surface area (Å²) < 4.78 is 5.15. The molecule has 1 aromatic carbocycles. The van der Waals surface area contributed by atoms with Crippen molar-refractivity contribution in [2.24, 2.45) is 0 Å². The quantitative estimate of drug-likeness (QED) is 0.386. The summed E-state index contributed by atoms with van der Waals surface area (Å²) in [6, 6.07) is 3.34. The van der Waals surface area contributed by atoms with E-state index in [0.717, 1.165) is 57.4 Å². The van der Waals surface area contributed by atoms with Crippen LogP contribution in [-0.4, -0.2) is 48.2 Å². The van der Waals surface area contributed by atoms with Crippen LogP contribution in [0.1, 0.15) is 44.2 Å². The highest BCUT2D eigenvalue weighted by atomic mass is 35.5. The van der Waals surface area contributed by atoms with E-state index >= 15 is 0 Å². The average molecular weight is 410 g/mol. The Bertz CT molecular complexity index is 569. The highest BCUT2D eigenvalue weighted by Gasteiger charge is 2.27. The lowest BCUT2D eigenvalue weighted by molar-refractivity contribution is -0.386. The number of nitro groups is 1. The molecular weight excluding hydrogens is 381 g/mol. The summed E-state index contributed by atoms with van der Waals surface area (Å²) in [5, 5.41) is 24.6. The molecule has 1 aliphatic heterocycles. The molecule has 1 fully saturated rings. The van der Waals surface area contributed by atoms with Crippen molar-refractivity contribution >= 4 is 30.5 Å². The first-order valence-electron chi connectivity index (χ1n) is 8.58. The largest absolute Gasteiger partial charge is 0.500 e. The number of phenols is 1. The number of nitrogens with one attached hydrogen (secondary N) is 1. The maximum Gasteiger partial charge on any atom is 0.314 e. The predicted molar refractivity (Wildman–Crippen MR) is 107 cm³/mol. The van der Waals surface area contributed by atoms with Crippen LogP contribution in [0.25, 0.3) is 0 Å². The van der Waals surface area contributed by atoms with E-state index in [1.807, 2.05) is 0 Å². The standard InChI is InChI=1S/C17H27N3O4.2ClH/c1-3-4-5-6-14(19-9-7-18-8-10-19)13-11-15(20(22)23)17(21)16(12-13)24-2;;/h11-12,14,18,21H,3-10H2,1-2H3;2*1H/t14-;;/m0../s1. The van der Waals surface area contributed by atoms with Gasteiger partial charge in [-0.15, -0.1) is 24.8 Å². The molecule has 0 unspecified atom stereocenters. The van der Waals surface area contributed by atoms with Crippen LogP contribution in [0.3, 0.4) is 0 Å². The van der Waals surface area contributed by atoms with Crippen molar-refractivity contribution in [2.75, 3.05) is 33.3 Å². The molecular formula is C17H29Cl2N3O4. The maximum absolute atomic E-state index is 11.3. The second kappa shape index (κ2) is 12.2. The summed E-state index contributed by atoms with van der Waals surface area (Å²) in [7, 11) is 1.42. The number of piperazine rings is 1. The Morgan fingerprint density at radius 2 is 1.96 bits per heavy atom. The van der Waals surface area contributed by atoms with Crippen molar-refractivity contribution in [2.45, 2.75) is 38.6 Å². The molecule has 1 saturated heterocycles. The van der Waals surface area contributed by atoms with Crippen molar-refractivity contribution in [3.63, 3.8) is 0 Å². The minimum absolute atomic E-state index is 0. The first kappa shape index (κ1) is 24.7. The third kappa shape index (κ3) is 6.16. The molecule has 2 N–H and O–H groups in total. The summed E-state index contributed by atoms with van der Waals surface area (Å²) in [6.45, 7) is 5.82. The molecule has 1 aliphatic rings. The fourth-order valence-electron chi connectivity index (χ4n) is 3.24. The van der Waals surface area contributed by atoms with E-state index in [-0.39, 0.29) is 42.3 Å². The fourth-order valence-corrected chi connectivity index (χ4v) is 3.24. The van der Waals surface area contributed by atoms with E-state index in [9.17, 15) is 15.2 Å². The van der Waals surface area contributed by atoms with E-state index < -0.39 is 10.7 Å². The van der Waals surface area contributed by atoms with Crippen LogP contribution >= 0.6 is 24.8 Å². The number of methoxy groups -OCH3 is 1. The monoisotopic (exact) mass is 409 g/mol. The number of halogens is 2. The number of hydrogen-bond donors (Lipinski definition) is 2. The van der Waals surface area contributed by atoms with E-state index in [1.165, 1.54) is 13.2 Å². The topological polar surface area (TPSA) is 87.9 Å². The third-order valence-corrected chi connectivity index (χ3v) is 4.55. The summed E-state index contributed by atoms with van der Waals surface area (Å²) in [4.78, 5) is 13.1. The molecule has 0 amide bonds. The minimum Gasteiger partial charge on any atom is -0.500 e. The number of unbranched alkanes of at least 4 members (excludes halogenated alkanes) is 2. The van der Waals surface area contributed by atoms with Crippen LogP contribution in [0.15, 0.2) is 12.1 Å². The number of benzene rings is 1. The van der Waals surface area contributed by atoms with Crippen molar-refractivity contribution in [1.82, 2.24) is 10.2 Å². The Labute approximate surface area is 167 Å². The number of phenolic OH excluding ortho intramolecular Hbond substituents is 1. The molecule has 1 aromatic rings. The van der Waals surface area contributed by atoms with Gasteiger partial charge in [-0.05, 0) is 18.1 Å². The third-order valence-electron chi connectivity index (χ3n) is 4.55. The second-order valence-corrected chi connectivity index (χ2v) is 6.15. The molecule has 0 aromatic heterocycles. The SMILES string of the molecule is CCCCC[C@@H](c1cc(OC)c(O)c([N+](=O)[O-])c1)N1CCNCC1.Cl.Cl. The molecule has 0 radical (unpaired) electrons. The Hall–Kier alpha value is -1.28. The van der Waals surface area contributed by atoms with E-state index in [2.05, 4.69) is 17.1 Å². The van der Waals surface area contributed by atoms with Gasteiger partial charge in [0.15, 0.2) is 5.75 Å². The second-order valence-electron chi connectivity index (χ2n) is 6.15. The smallest absolute Gasteiger partial charge is 0.314 e. The van der Waals surface area contributed by atoms with Crippen LogP contribution < -0.4 is 10.1 Å². The van der Waals surface area contributed by atoms with Crippen molar-refractivity contribution < 1.29 is 14.8 Å². The number of rotatable bonds is 8. The lowest BCUT2D eigenvalue weighted by Crippen LogP contribution is -2.45. The van der Waals surface area contributed by atoms with Crippen LogP contribution in [-0.2, 0) is 0 Å². The zero-order chi connectivity index (χ0) is 17.5. The molecule has 0 aliphatic carbocycles. The molecule has 2 rings (SSSR count). The molecule has 26 heavy (non-hydrogen) atoms. The molecule has 1 atom stereocenters. The van der Waals surface area contributed by atoms with Gasteiger partial charge in [-0.1, -0.05) is 26.2 Å². The van der Waals surface area contributed by atoms with Gasteiger partial charge >= 0.3 is 5.69 Å². The van der Waals surface area contributed by atoms with Gasteiger partial charge in [0.1, 0.15) is 0 Å². The van der Waals surface area contributed by atoms with E-state index in [1.54, 1.807) is 6.07 Å². The number of nitro benzene ring substituents is 1. The summed E-state index contributed by atoms with van der Waals surface area (Å²) in [5.41, 5.74) is 0.550. The number of ether oxygens (including phenoxy) is 1. The fraction of sp³-hybridized carbons (Fsp3) is 0.647. The normalized spacial score (nSPS) is 15.5. The lowest BCUT2D eigenvalue weighted by atomic mass is 9.97. The van der Waals surface area contributed by atoms with Crippen LogP contribution in [0, 0.1) is 10.1 Å². The Morgan fingerprint density at radius 1 is 1.31 bits per heavy atom. The van der Waals surface area contributed by atoms with Crippen LogP contribution in [0.4, 0.5) is 5.69 Å². The van der Waals surface area contributed by atoms with Gasteiger partial charge in [0.2, 0.25) is 5.75 Å². The predicted octanol–water partition coefficient (Wildman–Crippen LogP) is 3.68. The molecule has 1 heterocycles. The maximum atomic E-state index is 11.3. The number of hydrogen-bond acceptors (Lipinski definition) is 6. The molecule has 0 saturated carbocycles. The molecule has 9 heteroatoms.